The number of carbonyl (C=O) groups excluding carboxylic acids is 1. The first-order chi connectivity index (χ1) is 15.9. The minimum Gasteiger partial charge on any atom is -0.354 e. The van der Waals surface area contributed by atoms with Crippen molar-refractivity contribution in [2.24, 2.45) is 5.92 Å². The van der Waals surface area contributed by atoms with Crippen molar-refractivity contribution in [3.63, 3.8) is 0 Å². The van der Waals surface area contributed by atoms with Crippen molar-refractivity contribution in [1.29, 1.82) is 0 Å². The Morgan fingerprint density at radius 1 is 1.12 bits per heavy atom. The highest BCUT2D eigenvalue weighted by atomic mass is 19.1. The summed E-state index contributed by atoms with van der Waals surface area (Å²) in [4.78, 5) is 15.7. The van der Waals surface area contributed by atoms with Crippen molar-refractivity contribution in [3.05, 3.63) is 77.4 Å². The molecule has 33 heavy (non-hydrogen) atoms. The molecule has 0 saturated heterocycles. The zero-order chi connectivity index (χ0) is 23.1. The second-order valence-corrected chi connectivity index (χ2v) is 8.61. The fourth-order valence-corrected chi connectivity index (χ4v) is 4.60. The van der Waals surface area contributed by atoms with Crippen LogP contribution in [-0.4, -0.2) is 27.2 Å². The number of aromatic amines is 1. The maximum absolute atomic E-state index is 14.5. The molecule has 2 N–H and O–H groups in total. The van der Waals surface area contributed by atoms with Crippen LogP contribution in [0.5, 0.6) is 0 Å². The second kappa shape index (κ2) is 8.42. The van der Waals surface area contributed by atoms with Crippen molar-refractivity contribution in [2.45, 2.75) is 32.2 Å². The Hall–Kier alpha value is -3.55. The molecule has 4 aromatic rings. The second-order valence-electron chi connectivity index (χ2n) is 8.61. The van der Waals surface area contributed by atoms with Crippen molar-refractivity contribution in [2.75, 3.05) is 6.54 Å². The van der Waals surface area contributed by atoms with Gasteiger partial charge in [0.15, 0.2) is 0 Å². The number of fused-ring (bicyclic) bond motifs is 1. The van der Waals surface area contributed by atoms with Gasteiger partial charge in [-0.15, -0.1) is 0 Å². The topological polar surface area (TPSA) is 62.7 Å². The molecule has 1 aliphatic carbocycles. The molecule has 0 unspecified atom stereocenters. The lowest BCUT2D eigenvalue weighted by Gasteiger charge is -2.35. The molecule has 0 atom stereocenters. The smallest absolute Gasteiger partial charge is 0.223 e. The summed E-state index contributed by atoms with van der Waals surface area (Å²) in [5, 5.41) is 7.71. The van der Waals surface area contributed by atoms with Crippen LogP contribution < -0.4 is 5.32 Å². The third-order valence-electron chi connectivity index (χ3n) is 6.33. The Kier molecular flexibility index (Phi) is 5.44. The number of nitrogens with zero attached hydrogens (tertiary/aromatic N) is 2. The van der Waals surface area contributed by atoms with Crippen molar-refractivity contribution < 1.29 is 18.0 Å². The van der Waals surface area contributed by atoms with E-state index in [0.717, 1.165) is 17.3 Å². The molecule has 2 heterocycles. The van der Waals surface area contributed by atoms with Gasteiger partial charge in [-0.2, -0.15) is 5.10 Å². The summed E-state index contributed by atoms with van der Waals surface area (Å²) < 4.78 is 43.8. The third-order valence-corrected chi connectivity index (χ3v) is 6.33. The number of halogens is 3. The summed E-state index contributed by atoms with van der Waals surface area (Å²) in [6.45, 7) is 2.98. The van der Waals surface area contributed by atoms with Gasteiger partial charge in [0.1, 0.15) is 17.5 Å². The number of benzene rings is 2. The number of rotatable bonds is 6. The summed E-state index contributed by atoms with van der Waals surface area (Å²) in [5.74, 6) is -1.95. The van der Waals surface area contributed by atoms with Crippen LogP contribution in [-0.2, 0) is 11.3 Å². The van der Waals surface area contributed by atoms with Crippen LogP contribution in [0.1, 0.15) is 30.0 Å². The standard InChI is InChI=1S/C25H23F3N4O/c1-14-6-8-32(31-14)9-7-29-25(33)17-10-16(11-17)22-20-12-19(27)13-21(28)24(20)30-23(22)15-2-4-18(26)5-3-15/h2-6,8,12-13,16-17,30H,7,9-11H2,1H3,(H,29,33). The van der Waals surface area contributed by atoms with E-state index >= 15 is 0 Å². The minimum atomic E-state index is -0.679. The van der Waals surface area contributed by atoms with Gasteiger partial charge in [-0.1, -0.05) is 0 Å². The fraction of sp³-hybridized carbons (Fsp3) is 0.280. The van der Waals surface area contributed by atoms with Gasteiger partial charge in [-0.05, 0) is 73.2 Å². The lowest BCUT2D eigenvalue weighted by atomic mass is 9.70. The fourth-order valence-electron chi connectivity index (χ4n) is 4.60. The number of nitrogens with one attached hydrogen (secondary N) is 2. The Bertz CT molecular complexity index is 1320. The zero-order valence-electron chi connectivity index (χ0n) is 18.0. The predicted octanol–water partition coefficient (Wildman–Crippen LogP) is 5.07. The van der Waals surface area contributed by atoms with E-state index in [-0.39, 0.29) is 29.1 Å². The first-order valence-corrected chi connectivity index (χ1v) is 10.9. The van der Waals surface area contributed by atoms with E-state index in [9.17, 15) is 18.0 Å². The van der Waals surface area contributed by atoms with Crippen LogP contribution in [0.3, 0.4) is 0 Å². The highest BCUT2D eigenvalue weighted by Crippen LogP contribution is 2.48. The van der Waals surface area contributed by atoms with Crippen molar-refractivity contribution in [3.8, 4) is 11.3 Å². The van der Waals surface area contributed by atoms with Crippen molar-refractivity contribution in [1.82, 2.24) is 20.1 Å². The van der Waals surface area contributed by atoms with E-state index < -0.39 is 11.6 Å². The van der Waals surface area contributed by atoms with Crippen molar-refractivity contribution >= 4 is 16.8 Å². The van der Waals surface area contributed by atoms with Crippen LogP contribution in [0, 0.1) is 30.3 Å². The molecule has 0 spiro atoms. The maximum atomic E-state index is 14.5. The molecular formula is C25H23F3N4O. The molecule has 1 fully saturated rings. The Morgan fingerprint density at radius 3 is 2.58 bits per heavy atom. The molecule has 0 aliphatic heterocycles. The number of aromatic nitrogens is 3. The highest BCUT2D eigenvalue weighted by Gasteiger charge is 2.38. The van der Waals surface area contributed by atoms with E-state index in [1.54, 1.807) is 16.8 Å². The molecule has 0 bridgehead atoms. The number of hydrogen-bond acceptors (Lipinski definition) is 2. The highest BCUT2D eigenvalue weighted by molar-refractivity contribution is 5.92. The lowest BCUT2D eigenvalue weighted by molar-refractivity contribution is -0.128. The number of aryl methyl sites for hydroxylation is 1. The van der Waals surface area contributed by atoms with E-state index in [4.69, 9.17) is 0 Å². The SMILES string of the molecule is Cc1ccn(CCNC(=O)C2CC(c3c(-c4ccc(F)cc4)[nH]c4c(F)cc(F)cc34)C2)n1. The molecule has 170 valence electrons. The Labute approximate surface area is 188 Å². The van der Waals surface area contributed by atoms with Crippen LogP contribution in [0.15, 0.2) is 48.7 Å². The largest absolute Gasteiger partial charge is 0.354 e. The van der Waals surface area contributed by atoms with Gasteiger partial charge in [0, 0.05) is 30.1 Å². The molecule has 1 saturated carbocycles. The van der Waals surface area contributed by atoms with Gasteiger partial charge in [0.2, 0.25) is 5.91 Å². The van der Waals surface area contributed by atoms with Gasteiger partial charge in [0.25, 0.3) is 0 Å². The molecule has 2 aromatic heterocycles. The van der Waals surface area contributed by atoms with Gasteiger partial charge < -0.3 is 10.3 Å². The average molecular weight is 452 g/mol. The van der Waals surface area contributed by atoms with Gasteiger partial charge in [0.05, 0.1) is 23.4 Å². The maximum Gasteiger partial charge on any atom is 0.223 e. The summed E-state index contributed by atoms with van der Waals surface area (Å²) in [5.41, 5.74) is 3.23. The predicted molar refractivity (Wildman–Crippen MR) is 119 cm³/mol. The summed E-state index contributed by atoms with van der Waals surface area (Å²) in [6, 6.07) is 9.95. The van der Waals surface area contributed by atoms with Gasteiger partial charge >= 0.3 is 0 Å². The molecular weight excluding hydrogens is 429 g/mol. The molecule has 8 heteroatoms. The Balaban J connectivity index is 1.35. The normalized spacial score (nSPS) is 17.8. The number of H-pyrrole nitrogens is 1. The van der Waals surface area contributed by atoms with Crippen LogP contribution in [0.4, 0.5) is 13.2 Å². The van der Waals surface area contributed by atoms with Crippen LogP contribution in [0.25, 0.3) is 22.2 Å². The van der Waals surface area contributed by atoms with E-state index in [0.29, 0.717) is 42.6 Å². The van der Waals surface area contributed by atoms with Crippen LogP contribution in [0.2, 0.25) is 0 Å². The van der Waals surface area contributed by atoms with E-state index in [1.807, 2.05) is 19.2 Å². The summed E-state index contributed by atoms with van der Waals surface area (Å²) >= 11 is 0. The zero-order valence-corrected chi connectivity index (χ0v) is 18.0. The van der Waals surface area contributed by atoms with E-state index in [1.165, 1.54) is 18.2 Å². The summed E-state index contributed by atoms with van der Waals surface area (Å²) in [7, 11) is 0. The van der Waals surface area contributed by atoms with E-state index in [2.05, 4.69) is 15.4 Å². The molecule has 2 aromatic carbocycles. The molecule has 0 radical (unpaired) electrons. The molecule has 1 amide bonds. The quantitative estimate of drug-likeness (QED) is 0.429. The average Bonchev–Trinajstić information content (AvgIpc) is 3.32. The Morgan fingerprint density at radius 2 is 1.88 bits per heavy atom. The number of amides is 1. The third kappa shape index (κ3) is 4.13. The molecule has 5 nitrogen and oxygen atoms in total. The number of hydrogen-bond donors (Lipinski definition) is 2. The van der Waals surface area contributed by atoms with Gasteiger partial charge in [-0.25, -0.2) is 13.2 Å². The minimum absolute atomic E-state index is 0.0318. The van der Waals surface area contributed by atoms with Gasteiger partial charge in [-0.3, -0.25) is 9.48 Å². The lowest BCUT2D eigenvalue weighted by Crippen LogP contribution is -2.39. The van der Waals surface area contributed by atoms with Crippen LogP contribution >= 0.6 is 0 Å². The monoisotopic (exact) mass is 452 g/mol. The first-order valence-electron chi connectivity index (χ1n) is 10.9. The first kappa shape index (κ1) is 21.3. The summed E-state index contributed by atoms with van der Waals surface area (Å²) in [6.07, 6.45) is 3.02. The molecule has 5 rings (SSSR count). The number of carbonyl (C=O) groups is 1. The molecule has 1 aliphatic rings.